The molecule has 3 nitrogen and oxygen atoms in total. The Kier molecular flexibility index (Phi) is 6.17. The fourth-order valence-corrected chi connectivity index (χ4v) is 3.61. The number of anilines is 1. The molecule has 2 rings (SSSR count). The molecule has 5 heteroatoms. The summed E-state index contributed by atoms with van der Waals surface area (Å²) in [5.74, 6) is 0. The maximum absolute atomic E-state index is 9.06. The largest absolute Gasteiger partial charge is 0.396 e. The number of aliphatic hydroxyl groups excluding tert-OH is 1. The van der Waals surface area contributed by atoms with Crippen molar-refractivity contribution < 1.29 is 5.11 Å². The van der Waals surface area contributed by atoms with Gasteiger partial charge in [-0.2, -0.15) is 5.26 Å². The zero-order chi connectivity index (χ0) is 15.2. The van der Waals surface area contributed by atoms with Gasteiger partial charge >= 0.3 is 0 Å². The average molecular weight is 327 g/mol. The van der Waals surface area contributed by atoms with Crippen LogP contribution in [0.3, 0.4) is 0 Å². The summed E-state index contributed by atoms with van der Waals surface area (Å²) < 4.78 is 0. The lowest BCUT2D eigenvalue weighted by atomic mass is 9.96. The molecule has 1 aromatic carbocycles. The Bertz CT molecular complexity index is 528. The van der Waals surface area contributed by atoms with Crippen LogP contribution < -0.4 is 4.90 Å². The minimum absolute atomic E-state index is 0.221. The van der Waals surface area contributed by atoms with Gasteiger partial charge in [0.15, 0.2) is 0 Å². The summed E-state index contributed by atoms with van der Waals surface area (Å²) in [6, 6.07) is 6.30. The third-order valence-electron chi connectivity index (χ3n) is 4.05. The highest BCUT2D eigenvalue weighted by molar-refractivity contribution is 6.37. The van der Waals surface area contributed by atoms with Crippen LogP contribution in [0, 0.1) is 11.3 Å². The number of hydrogen-bond acceptors (Lipinski definition) is 3. The van der Waals surface area contributed by atoms with Crippen LogP contribution in [0.4, 0.5) is 5.69 Å². The Hall–Kier alpha value is -0.950. The first kappa shape index (κ1) is 16.4. The van der Waals surface area contributed by atoms with Gasteiger partial charge in [-0.25, -0.2) is 0 Å². The number of nitriles is 1. The topological polar surface area (TPSA) is 47.3 Å². The molecule has 0 aromatic heterocycles. The molecule has 1 aromatic rings. The zero-order valence-corrected chi connectivity index (χ0v) is 13.5. The van der Waals surface area contributed by atoms with Gasteiger partial charge in [0.2, 0.25) is 0 Å². The molecule has 1 aliphatic rings. The van der Waals surface area contributed by atoms with E-state index in [4.69, 9.17) is 33.6 Å². The van der Waals surface area contributed by atoms with Crippen molar-refractivity contribution in [3.05, 3.63) is 27.7 Å². The molecule has 0 amide bonds. The Morgan fingerprint density at radius 3 is 2.86 bits per heavy atom. The van der Waals surface area contributed by atoms with Crippen LogP contribution in [-0.4, -0.2) is 24.3 Å². The minimum Gasteiger partial charge on any atom is -0.396 e. The molecule has 0 aliphatic carbocycles. The normalized spacial score (nSPS) is 18.6. The molecule has 0 radical (unpaired) electrons. The first-order chi connectivity index (χ1) is 10.2. The maximum Gasteiger partial charge on any atom is 0.0696 e. The molecule has 1 heterocycles. The van der Waals surface area contributed by atoms with Crippen LogP contribution in [0.1, 0.15) is 37.7 Å². The molecule has 114 valence electrons. The van der Waals surface area contributed by atoms with Gasteiger partial charge in [0.05, 0.1) is 23.2 Å². The van der Waals surface area contributed by atoms with Crippen LogP contribution >= 0.6 is 23.2 Å². The van der Waals surface area contributed by atoms with Gasteiger partial charge in [-0.15, -0.1) is 0 Å². The molecule has 1 N–H and O–H groups in total. The molecule has 0 spiro atoms. The van der Waals surface area contributed by atoms with E-state index in [-0.39, 0.29) is 13.0 Å². The quantitative estimate of drug-likeness (QED) is 0.882. The lowest BCUT2D eigenvalue weighted by Gasteiger charge is -2.38. The van der Waals surface area contributed by atoms with E-state index >= 15 is 0 Å². The monoisotopic (exact) mass is 326 g/mol. The van der Waals surface area contributed by atoms with Crippen molar-refractivity contribution in [1.29, 1.82) is 5.26 Å². The maximum atomic E-state index is 9.06. The minimum atomic E-state index is 0.221. The van der Waals surface area contributed by atoms with Crippen LogP contribution in [0.5, 0.6) is 0 Å². The highest BCUT2D eigenvalue weighted by Gasteiger charge is 2.25. The molecule has 1 saturated heterocycles. The second kappa shape index (κ2) is 7.89. The van der Waals surface area contributed by atoms with E-state index in [0.717, 1.165) is 37.9 Å². The summed E-state index contributed by atoms with van der Waals surface area (Å²) in [4.78, 5) is 2.32. The van der Waals surface area contributed by atoms with Crippen molar-refractivity contribution >= 4 is 28.9 Å². The van der Waals surface area contributed by atoms with Gasteiger partial charge in [0.1, 0.15) is 0 Å². The van der Waals surface area contributed by atoms with Crippen molar-refractivity contribution in [2.75, 3.05) is 18.1 Å². The summed E-state index contributed by atoms with van der Waals surface area (Å²) in [6.07, 6.45) is 5.46. The van der Waals surface area contributed by atoms with E-state index in [0.29, 0.717) is 21.7 Å². The summed E-state index contributed by atoms with van der Waals surface area (Å²) >= 11 is 12.7. The summed E-state index contributed by atoms with van der Waals surface area (Å²) in [5, 5.41) is 19.1. The number of nitrogens with zero attached hydrogens (tertiary/aromatic N) is 2. The highest BCUT2D eigenvalue weighted by Crippen LogP contribution is 2.37. The van der Waals surface area contributed by atoms with Crippen molar-refractivity contribution in [2.45, 2.75) is 44.6 Å². The predicted molar refractivity (Wildman–Crippen MR) is 87.1 cm³/mol. The molecule has 0 saturated carbocycles. The number of benzene rings is 1. The van der Waals surface area contributed by atoms with E-state index < -0.39 is 0 Å². The second-order valence-electron chi connectivity index (χ2n) is 5.40. The number of rotatable bonds is 5. The van der Waals surface area contributed by atoms with Crippen molar-refractivity contribution in [3.8, 4) is 6.07 Å². The predicted octanol–water partition coefficient (Wildman–Crippen LogP) is 4.19. The van der Waals surface area contributed by atoms with Crippen molar-refractivity contribution in [1.82, 2.24) is 0 Å². The molecule has 1 atom stereocenters. The van der Waals surface area contributed by atoms with Gasteiger partial charge in [-0.1, -0.05) is 23.2 Å². The van der Waals surface area contributed by atoms with Gasteiger partial charge < -0.3 is 10.0 Å². The van der Waals surface area contributed by atoms with Gasteiger partial charge in [0.25, 0.3) is 0 Å². The number of aliphatic hydroxyl groups is 1. The van der Waals surface area contributed by atoms with E-state index in [9.17, 15) is 0 Å². The molecule has 0 bridgehead atoms. The van der Waals surface area contributed by atoms with E-state index in [2.05, 4.69) is 11.0 Å². The van der Waals surface area contributed by atoms with Crippen molar-refractivity contribution in [3.63, 3.8) is 0 Å². The lowest BCUT2D eigenvalue weighted by molar-refractivity contribution is 0.273. The molecule has 1 fully saturated rings. The SMILES string of the molecule is N#CCc1c(Cl)ccc(N2CCCCC2CCCO)c1Cl. The van der Waals surface area contributed by atoms with Gasteiger partial charge in [0, 0.05) is 29.8 Å². The van der Waals surface area contributed by atoms with Gasteiger partial charge in [-0.3, -0.25) is 0 Å². The smallest absolute Gasteiger partial charge is 0.0696 e. The third-order valence-corrected chi connectivity index (χ3v) is 4.83. The third kappa shape index (κ3) is 3.83. The van der Waals surface area contributed by atoms with Gasteiger partial charge in [-0.05, 0) is 44.2 Å². The molecular weight excluding hydrogens is 307 g/mol. The molecular formula is C16H20Cl2N2O. The second-order valence-corrected chi connectivity index (χ2v) is 6.19. The van der Waals surface area contributed by atoms with Crippen LogP contribution in [0.2, 0.25) is 10.0 Å². The summed E-state index contributed by atoms with van der Waals surface area (Å²) in [6.45, 7) is 1.18. The van der Waals surface area contributed by atoms with E-state index in [1.54, 1.807) is 0 Å². The van der Waals surface area contributed by atoms with Crippen LogP contribution in [-0.2, 0) is 6.42 Å². The summed E-state index contributed by atoms with van der Waals surface area (Å²) in [5.41, 5.74) is 1.68. The highest BCUT2D eigenvalue weighted by atomic mass is 35.5. The number of hydrogen-bond donors (Lipinski definition) is 1. The Morgan fingerprint density at radius 1 is 1.33 bits per heavy atom. The number of halogens is 2. The fraction of sp³-hybridized carbons (Fsp3) is 0.562. The summed E-state index contributed by atoms with van der Waals surface area (Å²) in [7, 11) is 0. The lowest BCUT2D eigenvalue weighted by Crippen LogP contribution is -2.40. The fourth-order valence-electron chi connectivity index (χ4n) is 2.99. The Balaban J connectivity index is 2.30. The average Bonchev–Trinajstić information content (AvgIpc) is 2.50. The first-order valence-corrected chi connectivity index (χ1v) is 8.16. The Morgan fingerprint density at radius 2 is 2.14 bits per heavy atom. The zero-order valence-electron chi connectivity index (χ0n) is 12.0. The van der Waals surface area contributed by atoms with Crippen LogP contribution in [0.25, 0.3) is 0 Å². The molecule has 1 unspecified atom stereocenters. The van der Waals surface area contributed by atoms with Crippen LogP contribution in [0.15, 0.2) is 12.1 Å². The number of piperidine rings is 1. The standard InChI is InChI=1S/C16H20Cl2N2O/c17-14-6-7-15(16(18)13(14)8-9-19)20-10-2-1-4-12(20)5-3-11-21/h6-7,12,21H,1-5,8,10-11H2. The first-order valence-electron chi connectivity index (χ1n) is 7.40. The Labute approximate surface area is 136 Å². The molecule has 21 heavy (non-hydrogen) atoms. The van der Waals surface area contributed by atoms with Crippen molar-refractivity contribution in [2.24, 2.45) is 0 Å². The van der Waals surface area contributed by atoms with E-state index in [1.807, 2.05) is 12.1 Å². The molecule has 1 aliphatic heterocycles. The van der Waals surface area contributed by atoms with E-state index in [1.165, 1.54) is 6.42 Å².